The van der Waals surface area contributed by atoms with E-state index in [0.29, 0.717) is 45.7 Å². The minimum absolute atomic E-state index is 0.123. The van der Waals surface area contributed by atoms with E-state index in [1.165, 1.54) is 7.11 Å². The molecule has 192 valence electrons. The van der Waals surface area contributed by atoms with Crippen LogP contribution in [0.1, 0.15) is 11.1 Å². The van der Waals surface area contributed by atoms with E-state index in [9.17, 15) is 4.79 Å². The van der Waals surface area contributed by atoms with Crippen molar-refractivity contribution in [1.29, 1.82) is 0 Å². The predicted octanol–water partition coefficient (Wildman–Crippen LogP) is 4.01. The highest BCUT2D eigenvalue weighted by atomic mass is 16.5. The number of amides is 1. The quantitative estimate of drug-likeness (QED) is 0.424. The van der Waals surface area contributed by atoms with Crippen LogP contribution in [-0.4, -0.2) is 52.9 Å². The highest BCUT2D eigenvalue weighted by Gasteiger charge is 2.29. The Labute approximate surface area is 214 Å². The van der Waals surface area contributed by atoms with Gasteiger partial charge in [0.1, 0.15) is 17.2 Å². The van der Waals surface area contributed by atoms with Crippen molar-refractivity contribution >= 4 is 23.0 Å². The maximum atomic E-state index is 12.5. The van der Waals surface area contributed by atoms with Crippen molar-refractivity contribution < 1.29 is 28.5 Å². The van der Waals surface area contributed by atoms with Gasteiger partial charge in [-0.3, -0.25) is 10.2 Å². The zero-order chi connectivity index (χ0) is 26.5. The fraction of sp³-hybridized carbons (Fsp3) is 0.222. The van der Waals surface area contributed by atoms with Crippen molar-refractivity contribution in [3.63, 3.8) is 0 Å². The maximum Gasteiger partial charge on any atom is 0.294 e. The second kappa shape index (κ2) is 10.9. The Balaban J connectivity index is 1.68. The molecule has 0 bridgehead atoms. The third-order valence-electron chi connectivity index (χ3n) is 5.88. The summed E-state index contributed by atoms with van der Waals surface area (Å²) in [7, 11) is 7.82. The predicted molar refractivity (Wildman–Crippen MR) is 142 cm³/mol. The second-order valence-corrected chi connectivity index (χ2v) is 7.98. The Morgan fingerprint density at radius 3 is 2.11 bits per heavy atom. The van der Waals surface area contributed by atoms with E-state index in [4.69, 9.17) is 23.7 Å². The molecule has 0 saturated carbocycles. The molecule has 37 heavy (non-hydrogen) atoms. The summed E-state index contributed by atoms with van der Waals surface area (Å²) < 4.78 is 27.2. The van der Waals surface area contributed by atoms with Crippen LogP contribution in [0.15, 0.2) is 58.7 Å². The first-order valence-electron chi connectivity index (χ1n) is 11.3. The van der Waals surface area contributed by atoms with Gasteiger partial charge in [-0.25, -0.2) is 5.43 Å². The molecule has 0 fully saturated rings. The van der Waals surface area contributed by atoms with E-state index < -0.39 is 5.91 Å². The van der Waals surface area contributed by atoms with Crippen molar-refractivity contribution in [3.05, 3.63) is 59.7 Å². The minimum Gasteiger partial charge on any atom is -0.497 e. The molecule has 1 aliphatic rings. The van der Waals surface area contributed by atoms with Crippen molar-refractivity contribution in [2.45, 2.75) is 6.92 Å². The first-order valence-corrected chi connectivity index (χ1v) is 11.3. The van der Waals surface area contributed by atoms with Gasteiger partial charge in [0.2, 0.25) is 5.75 Å². The summed E-state index contributed by atoms with van der Waals surface area (Å²) >= 11 is 0. The van der Waals surface area contributed by atoms with Crippen LogP contribution in [0.5, 0.6) is 28.7 Å². The van der Waals surface area contributed by atoms with Crippen molar-refractivity contribution in [2.24, 2.45) is 10.2 Å². The zero-order valence-corrected chi connectivity index (χ0v) is 21.5. The Hall–Kier alpha value is -4.73. The number of nitrogens with one attached hydrogen (secondary N) is 2. The third-order valence-corrected chi connectivity index (χ3v) is 5.88. The molecule has 3 aromatic rings. The van der Waals surface area contributed by atoms with E-state index in [-0.39, 0.29) is 5.71 Å². The van der Waals surface area contributed by atoms with Gasteiger partial charge in [-0.05, 0) is 60.0 Å². The molecule has 0 radical (unpaired) electrons. The van der Waals surface area contributed by atoms with Crippen LogP contribution in [0.3, 0.4) is 0 Å². The van der Waals surface area contributed by atoms with E-state index >= 15 is 0 Å². The van der Waals surface area contributed by atoms with Crippen LogP contribution in [0.4, 0.5) is 5.69 Å². The molecule has 0 unspecified atom stereocenters. The second-order valence-electron chi connectivity index (χ2n) is 7.98. The van der Waals surface area contributed by atoms with Gasteiger partial charge in [0.15, 0.2) is 17.2 Å². The van der Waals surface area contributed by atoms with Crippen LogP contribution in [-0.2, 0) is 4.79 Å². The van der Waals surface area contributed by atoms with Crippen LogP contribution in [0, 0.1) is 6.92 Å². The normalized spacial score (nSPS) is 13.6. The van der Waals surface area contributed by atoms with Gasteiger partial charge in [0.25, 0.3) is 5.91 Å². The smallest absolute Gasteiger partial charge is 0.294 e. The number of anilines is 1. The van der Waals surface area contributed by atoms with Crippen LogP contribution >= 0.6 is 0 Å². The molecule has 0 aliphatic carbocycles. The van der Waals surface area contributed by atoms with Crippen molar-refractivity contribution in [3.8, 4) is 39.9 Å². The molecule has 1 amide bonds. The highest BCUT2D eigenvalue weighted by molar-refractivity contribution is 6.72. The number of hydrogen-bond acceptors (Lipinski definition) is 9. The molecule has 4 rings (SSSR count). The van der Waals surface area contributed by atoms with Crippen LogP contribution < -0.4 is 34.5 Å². The van der Waals surface area contributed by atoms with E-state index in [1.54, 1.807) is 46.6 Å². The summed E-state index contributed by atoms with van der Waals surface area (Å²) in [6, 6.07) is 14.8. The van der Waals surface area contributed by atoms with Gasteiger partial charge in [-0.1, -0.05) is 6.07 Å². The lowest BCUT2D eigenvalue weighted by atomic mass is 9.99. The first-order chi connectivity index (χ1) is 17.9. The van der Waals surface area contributed by atoms with Crippen molar-refractivity contribution in [1.82, 2.24) is 5.43 Å². The fourth-order valence-corrected chi connectivity index (χ4v) is 3.97. The van der Waals surface area contributed by atoms with Crippen LogP contribution in [0.2, 0.25) is 0 Å². The van der Waals surface area contributed by atoms with Gasteiger partial charge in [-0.2, -0.15) is 10.2 Å². The lowest BCUT2D eigenvalue weighted by Crippen LogP contribution is -2.25. The molecule has 10 heteroatoms. The number of hydrazone groups is 2. The number of aryl methyl sites for hydroxylation is 1. The van der Waals surface area contributed by atoms with Gasteiger partial charge >= 0.3 is 0 Å². The largest absolute Gasteiger partial charge is 0.497 e. The highest BCUT2D eigenvalue weighted by Crippen LogP contribution is 2.42. The number of carbonyl (C=O) groups is 1. The minimum atomic E-state index is -0.433. The summed E-state index contributed by atoms with van der Waals surface area (Å²) in [5.41, 5.74) is 10.0. The lowest BCUT2D eigenvalue weighted by molar-refractivity contribution is -0.114. The Kier molecular flexibility index (Phi) is 7.47. The monoisotopic (exact) mass is 504 g/mol. The average molecular weight is 505 g/mol. The van der Waals surface area contributed by atoms with Crippen LogP contribution in [0.25, 0.3) is 11.1 Å². The van der Waals surface area contributed by atoms with Crippen molar-refractivity contribution in [2.75, 3.05) is 41.0 Å². The summed E-state index contributed by atoms with van der Waals surface area (Å²) in [4.78, 5) is 12.5. The standard InChI is InChI=1S/C27H28N4O6/c1-15-7-8-17(13-20(15)16-11-22(35-4)26(37-6)23(12-16)36-5)28-30-25-24(29-31-27(25)32)19-10-9-18(33-2)14-21(19)34-3/h7-14,28H,1-6H3,(H,30,31,32). The molecule has 0 atom stereocenters. The molecule has 1 heterocycles. The lowest BCUT2D eigenvalue weighted by Gasteiger charge is -2.16. The summed E-state index contributed by atoms with van der Waals surface area (Å²) in [5.74, 6) is 2.30. The number of benzene rings is 3. The maximum absolute atomic E-state index is 12.5. The topological polar surface area (TPSA) is 112 Å². The first kappa shape index (κ1) is 25.4. The van der Waals surface area contributed by atoms with Gasteiger partial charge in [-0.15, -0.1) is 0 Å². The molecular weight excluding hydrogens is 476 g/mol. The number of nitrogens with zero attached hydrogens (tertiary/aromatic N) is 2. The molecule has 0 spiro atoms. The SMILES string of the molecule is COc1ccc(C2=NNC(=O)/C2=N/Nc2ccc(C)c(-c3cc(OC)c(OC)c(OC)c3)c2)c(OC)c1. The van der Waals surface area contributed by atoms with Gasteiger partial charge < -0.3 is 23.7 Å². The molecule has 0 saturated heterocycles. The molecule has 10 nitrogen and oxygen atoms in total. The van der Waals surface area contributed by atoms with E-state index in [1.807, 2.05) is 37.3 Å². The fourth-order valence-electron chi connectivity index (χ4n) is 3.97. The van der Waals surface area contributed by atoms with Gasteiger partial charge in [0.05, 0.1) is 41.2 Å². The number of ether oxygens (including phenoxy) is 5. The summed E-state index contributed by atoms with van der Waals surface area (Å²) in [5, 5.41) is 8.54. The number of methoxy groups -OCH3 is 5. The Morgan fingerprint density at radius 2 is 1.49 bits per heavy atom. The summed E-state index contributed by atoms with van der Waals surface area (Å²) in [6.07, 6.45) is 0. The Morgan fingerprint density at radius 1 is 0.784 bits per heavy atom. The zero-order valence-electron chi connectivity index (χ0n) is 21.5. The molecule has 3 aromatic carbocycles. The number of rotatable bonds is 9. The number of hydrogen-bond donors (Lipinski definition) is 2. The Bertz CT molecular complexity index is 1370. The molecular formula is C27H28N4O6. The van der Waals surface area contributed by atoms with E-state index in [0.717, 1.165) is 16.7 Å². The summed E-state index contributed by atoms with van der Waals surface area (Å²) in [6.45, 7) is 2.00. The molecule has 2 N–H and O–H groups in total. The molecule has 0 aromatic heterocycles. The number of carbonyl (C=O) groups excluding carboxylic acids is 1. The van der Waals surface area contributed by atoms with E-state index in [2.05, 4.69) is 21.1 Å². The van der Waals surface area contributed by atoms with Gasteiger partial charge in [0, 0.05) is 11.6 Å². The molecule has 1 aliphatic heterocycles. The third kappa shape index (κ3) is 4.99. The average Bonchev–Trinajstić information content (AvgIpc) is 3.30.